The van der Waals surface area contributed by atoms with Gasteiger partial charge in [0.1, 0.15) is 10.7 Å². The lowest BCUT2D eigenvalue weighted by atomic mass is 10.4. The van der Waals surface area contributed by atoms with Crippen LogP contribution in [-0.2, 0) is 6.54 Å². The van der Waals surface area contributed by atoms with E-state index in [2.05, 4.69) is 41.9 Å². The molecule has 4 heteroatoms. The van der Waals surface area contributed by atoms with E-state index < -0.39 is 0 Å². The molecule has 0 amide bonds. The van der Waals surface area contributed by atoms with Crippen LogP contribution in [0.4, 0.5) is 0 Å². The smallest absolute Gasteiger partial charge is 0.138 e. The summed E-state index contributed by atoms with van der Waals surface area (Å²) >= 11 is 1.86. The maximum absolute atomic E-state index is 4.71. The first kappa shape index (κ1) is 13.4. The zero-order chi connectivity index (χ0) is 12.8. The highest BCUT2D eigenvalue weighted by molar-refractivity contribution is 7.99. The lowest BCUT2D eigenvalue weighted by Gasteiger charge is -2.05. The zero-order valence-corrected chi connectivity index (χ0v) is 12.0. The molecule has 0 bridgehead atoms. The monoisotopic (exact) mass is 263 g/mol. The average Bonchev–Trinajstić information content (AvgIpc) is 2.75. The van der Waals surface area contributed by atoms with Crippen molar-refractivity contribution in [3.8, 4) is 0 Å². The van der Waals surface area contributed by atoms with E-state index in [0.29, 0.717) is 0 Å². The third kappa shape index (κ3) is 3.06. The summed E-state index contributed by atoms with van der Waals surface area (Å²) in [5.41, 5.74) is 2.34. The van der Waals surface area contributed by atoms with Crippen LogP contribution < -0.4 is 5.32 Å². The van der Waals surface area contributed by atoms with Gasteiger partial charge in [0, 0.05) is 12.7 Å². The Kier molecular flexibility index (Phi) is 5.08. The number of thioether (sulfide) groups is 1. The van der Waals surface area contributed by atoms with Crippen molar-refractivity contribution in [3.63, 3.8) is 0 Å². The van der Waals surface area contributed by atoms with Gasteiger partial charge in [0.05, 0.1) is 5.69 Å². The molecule has 0 fully saturated rings. The van der Waals surface area contributed by atoms with E-state index in [9.17, 15) is 0 Å². The van der Waals surface area contributed by atoms with E-state index in [1.54, 1.807) is 0 Å². The maximum Gasteiger partial charge on any atom is 0.138 e. The van der Waals surface area contributed by atoms with E-state index in [4.69, 9.17) is 4.98 Å². The summed E-state index contributed by atoms with van der Waals surface area (Å²) in [4.78, 5) is 4.71. The molecular weight excluding hydrogens is 242 g/mol. The Balaban J connectivity index is 2.25. The van der Waals surface area contributed by atoms with Crippen LogP contribution in [0.25, 0.3) is 5.65 Å². The van der Waals surface area contributed by atoms with Gasteiger partial charge < -0.3 is 9.72 Å². The number of aromatic nitrogens is 2. The molecule has 0 spiro atoms. The maximum atomic E-state index is 4.71. The summed E-state index contributed by atoms with van der Waals surface area (Å²) in [6.45, 7) is 6.34. The van der Waals surface area contributed by atoms with Crippen LogP contribution in [0.2, 0.25) is 0 Å². The minimum atomic E-state index is 0.894. The number of rotatable bonds is 7. The minimum absolute atomic E-state index is 0.894. The first-order chi connectivity index (χ1) is 8.86. The third-order valence-electron chi connectivity index (χ3n) is 2.75. The molecular formula is C14H21N3S. The summed E-state index contributed by atoms with van der Waals surface area (Å²) in [5, 5.41) is 4.65. The standard InChI is InChI=1S/C14H21N3S/c1-3-8-15-11-12-14(18-10-4-2)16-13-7-5-6-9-17(12)13/h5-7,9,15H,3-4,8,10-11H2,1-2H3. The number of pyridine rings is 1. The van der Waals surface area contributed by atoms with Gasteiger partial charge in [-0.25, -0.2) is 4.98 Å². The van der Waals surface area contributed by atoms with E-state index >= 15 is 0 Å². The highest BCUT2D eigenvalue weighted by Crippen LogP contribution is 2.24. The van der Waals surface area contributed by atoms with Crippen LogP contribution in [0.15, 0.2) is 29.4 Å². The highest BCUT2D eigenvalue weighted by Gasteiger charge is 2.11. The van der Waals surface area contributed by atoms with E-state index in [-0.39, 0.29) is 0 Å². The molecule has 0 atom stereocenters. The largest absolute Gasteiger partial charge is 0.311 e. The summed E-state index contributed by atoms with van der Waals surface area (Å²) < 4.78 is 2.20. The normalized spacial score (nSPS) is 11.2. The second kappa shape index (κ2) is 6.81. The van der Waals surface area contributed by atoms with Crippen molar-refractivity contribution in [1.82, 2.24) is 14.7 Å². The molecule has 1 N–H and O–H groups in total. The summed E-state index contributed by atoms with van der Waals surface area (Å²) in [6.07, 6.45) is 4.44. The van der Waals surface area contributed by atoms with E-state index in [1.165, 1.54) is 17.1 Å². The van der Waals surface area contributed by atoms with Crippen LogP contribution >= 0.6 is 11.8 Å². The number of hydrogen-bond acceptors (Lipinski definition) is 3. The Morgan fingerprint density at radius 3 is 2.94 bits per heavy atom. The van der Waals surface area contributed by atoms with Crippen molar-refractivity contribution in [3.05, 3.63) is 30.1 Å². The zero-order valence-electron chi connectivity index (χ0n) is 11.1. The van der Waals surface area contributed by atoms with Crippen molar-refractivity contribution in [2.45, 2.75) is 38.3 Å². The van der Waals surface area contributed by atoms with Gasteiger partial charge in [0.2, 0.25) is 0 Å². The molecule has 0 aliphatic carbocycles. The van der Waals surface area contributed by atoms with Gasteiger partial charge in [-0.2, -0.15) is 0 Å². The molecule has 2 aromatic rings. The third-order valence-corrected chi connectivity index (χ3v) is 3.97. The van der Waals surface area contributed by atoms with Gasteiger partial charge in [-0.1, -0.05) is 19.9 Å². The molecule has 0 radical (unpaired) electrons. The molecule has 0 saturated carbocycles. The number of nitrogens with zero attached hydrogens (tertiary/aromatic N) is 2. The Hall–Kier alpha value is -1.00. The lowest BCUT2D eigenvalue weighted by Crippen LogP contribution is -2.15. The second-order valence-corrected chi connectivity index (χ2v) is 5.40. The summed E-state index contributed by atoms with van der Waals surface area (Å²) in [5.74, 6) is 1.13. The molecule has 18 heavy (non-hydrogen) atoms. The Labute approximate surface area is 113 Å². The minimum Gasteiger partial charge on any atom is -0.311 e. The topological polar surface area (TPSA) is 29.3 Å². The number of nitrogens with one attached hydrogen (secondary N) is 1. The second-order valence-electron chi connectivity index (χ2n) is 4.32. The van der Waals surface area contributed by atoms with Gasteiger partial charge in [0.25, 0.3) is 0 Å². The first-order valence-corrected chi connectivity index (χ1v) is 7.64. The lowest BCUT2D eigenvalue weighted by molar-refractivity contribution is 0.652. The fraction of sp³-hybridized carbons (Fsp3) is 0.500. The van der Waals surface area contributed by atoms with Gasteiger partial charge >= 0.3 is 0 Å². The van der Waals surface area contributed by atoms with Crippen molar-refractivity contribution in [2.75, 3.05) is 12.3 Å². The van der Waals surface area contributed by atoms with Gasteiger partial charge in [0.15, 0.2) is 0 Å². The molecule has 0 aliphatic heterocycles. The molecule has 2 rings (SSSR count). The van der Waals surface area contributed by atoms with Crippen molar-refractivity contribution in [2.24, 2.45) is 0 Å². The van der Waals surface area contributed by atoms with Gasteiger partial charge in [-0.15, -0.1) is 11.8 Å². The molecule has 0 aliphatic rings. The van der Waals surface area contributed by atoms with Gasteiger partial charge in [-0.3, -0.25) is 0 Å². The number of hydrogen-bond donors (Lipinski definition) is 1. The molecule has 2 aromatic heterocycles. The summed E-state index contributed by atoms with van der Waals surface area (Å²) in [7, 11) is 0. The van der Waals surface area contributed by atoms with E-state index in [1.807, 2.05) is 17.8 Å². The predicted octanol–water partition coefficient (Wildman–Crippen LogP) is 3.34. The fourth-order valence-electron chi connectivity index (χ4n) is 1.88. The van der Waals surface area contributed by atoms with Crippen LogP contribution in [0.3, 0.4) is 0 Å². The Morgan fingerprint density at radius 2 is 2.17 bits per heavy atom. The van der Waals surface area contributed by atoms with Crippen molar-refractivity contribution < 1.29 is 0 Å². The highest BCUT2D eigenvalue weighted by atomic mass is 32.2. The molecule has 0 aromatic carbocycles. The van der Waals surface area contributed by atoms with Crippen LogP contribution in [0.5, 0.6) is 0 Å². The Bertz CT molecular complexity index is 493. The SMILES string of the molecule is CCCNCc1c(SCCC)nc2ccccn12. The fourth-order valence-corrected chi connectivity index (χ4v) is 2.78. The first-order valence-electron chi connectivity index (χ1n) is 6.66. The van der Waals surface area contributed by atoms with E-state index in [0.717, 1.165) is 30.9 Å². The number of fused-ring (bicyclic) bond motifs is 1. The van der Waals surface area contributed by atoms with Crippen molar-refractivity contribution >= 4 is 17.4 Å². The van der Waals surface area contributed by atoms with Crippen LogP contribution in [0.1, 0.15) is 32.4 Å². The van der Waals surface area contributed by atoms with Crippen LogP contribution in [-0.4, -0.2) is 21.7 Å². The molecule has 2 heterocycles. The van der Waals surface area contributed by atoms with Crippen molar-refractivity contribution in [1.29, 1.82) is 0 Å². The van der Waals surface area contributed by atoms with Crippen LogP contribution in [0, 0.1) is 0 Å². The molecule has 98 valence electrons. The molecule has 0 saturated heterocycles. The average molecular weight is 263 g/mol. The molecule has 0 unspecified atom stereocenters. The van der Waals surface area contributed by atoms with Gasteiger partial charge in [-0.05, 0) is 37.3 Å². The summed E-state index contributed by atoms with van der Waals surface area (Å²) in [6, 6.07) is 6.17. The quantitative estimate of drug-likeness (QED) is 0.613. The predicted molar refractivity (Wildman–Crippen MR) is 78.2 cm³/mol. The Morgan fingerprint density at radius 1 is 1.28 bits per heavy atom. The number of imidazole rings is 1. The molecule has 3 nitrogen and oxygen atoms in total.